The maximum absolute atomic E-state index is 12.9. The van der Waals surface area contributed by atoms with Gasteiger partial charge in [-0.15, -0.1) is 0 Å². The number of amides is 1. The normalized spacial score (nSPS) is 14.2. The standard InChI is InChI=1S/C12H14FN3O3/c13-9-3-4-10(11(5-9)16(18)19)15-12(17)7-14-6-8-1-2-8/h3-5,8,14H,1-2,6-7H2,(H,15,17). The molecule has 0 unspecified atom stereocenters. The average molecular weight is 267 g/mol. The van der Waals surface area contributed by atoms with Crippen molar-refractivity contribution in [3.63, 3.8) is 0 Å². The predicted molar refractivity (Wildman–Crippen MR) is 67.3 cm³/mol. The lowest BCUT2D eigenvalue weighted by molar-refractivity contribution is -0.384. The molecule has 2 N–H and O–H groups in total. The Hall–Kier alpha value is -2.02. The zero-order valence-electron chi connectivity index (χ0n) is 10.2. The minimum absolute atomic E-state index is 0.00428. The average Bonchev–Trinajstić information content (AvgIpc) is 3.15. The molecule has 0 aliphatic heterocycles. The molecule has 0 bridgehead atoms. The fourth-order valence-electron chi connectivity index (χ4n) is 1.67. The molecule has 0 aromatic heterocycles. The summed E-state index contributed by atoms with van der Waals surface area (Å²) in [5.74, 6) is -0.445. The third-order valence-corrected chi connectivity index (χ3v) is 2.85. The molecule has 1 saturated carbocycles. The summed E-state index contributed by atoms with van der Waals surface area (Å²) < 4.78 is 12.9. The first kappa shape index (κ1) is 13.4. The summed E-state index contributed by atoms with van der Waals surface area (Å²) in [6.45, 7) is 0.865. The van der Waals surface area contributed by atoms with E-state index >= 15 is 0 Å². The zero-order chi connectivity index (χ0) is 13.8. The van der Waals surface area contributed by atoms with E-state index in [1.807, 2.05) is 0 Å². The molecule has 0 saturated heterocycles. The minimum Gasteiger partial charge on any atom is -0.319 e. The molecule has 0 atom stereocenters. The van der Waals surface area contributed by atoms with Crippen LogP contribution in [-0.4, -0.2) is 23.9 Å². The molecule has 0 radical (unpaired) electrons. The number of hydrogen-bond donors (Lipinski definition) is 2. The molecule has 1 aromatic rings. The number of nitro groups is 1. The van der Waals surface area contributed by atoms with Crippen LogP contribution in [0.4, 0.5) is 15.8 Å². The van der Waals surface area contributed by atoms with Crippen molar-refractivity contribution in [2.24, 2.45) is 5.92 Å². The van der Waals surface area contributed by atoms with Crippen molar-refractivity contribution in [1.29, 1.82) is 0 Å². The number of hydrogen-bond acceptors (Lipinski definition) is 4. The van der Waals surface area contributed by atoms with E-state index in [1.165, 1.54) is 18.9 Å². The zero-order valence-corrected chi connectivity index (χ0v) is 10.2. The van der Waals surface area contributed by atoms with Gasteiger partial charge in [0.05, 0.1) is 17.5 Å². The summed E-state index contributed by atoms with van der Waals surface area (Å²) in [5.41, 5.74) is -0.444. The Morgan fingerprint density at radius 2 is 2.21 bits per heavy atom. The van der Waals surface area contributed by atoms with E-state index in [4.69, 9.17) is 0 Å². The van der Waals surface area contributed by atoms with E-state index in [0.717, 1.165) is 18.7 Å². The van der Waals surface area contributed by atoms with Crippen molar-refractivity contribution in [2.75, 3.05) is 18.4 Å². The Bertz CT molecular complexity index is 503. The van der Waals surface area contributed by atoms with Crippen LogP contribution in [0.5, 0.6) is 0 Å². The number of carbonyl (C=O) groups excluding carboxylic acids is 1. The summed E-state index contributed by atoms with van der Waals surface area (Å²) in [5, 5.41) is 16.1. The molecule has 19 heavy (non-hydrogen) atoms. The van der Waals surface area contributed by atoms with Crippen LogP contribution in [0, 0.1) is 21.8 Å². The second-order valence-corrected chi connectivity index (χ2v) is 4.54. The summed E-state index contributed by atoms with van der Waals surface area (Å²) in [6, 6.07) is 3.04. The lowest BCUT2D eigenvalue weighted by atomic mass is 10.2. The number of anilines is 1. The van der Waals surface area contributed by atoms with Gasteiger partial charge in [-0.1, -0.05) is 0 Å². The van der Waals surface area contributed by atoms with Crippen LogP contribution in [0.2, 0.25) is 0 Å². The van der Waals surface area contributed by atoms with Crippen LogP contribution in [0.15, 0.2) is 18.2 Å². The van der Waals surface area contributed by atoms with Gasteiger partial charge < -0.3 is 10.6 Å². The van der Waals surface area contributed by atoms with Gasteiger partial charge in [0.1, 0.15) is 11.5 Å². The Labute approximate surface area is 109 Å². The summed E-state index contributed by atoms with van der Waals surface area (Å²) in [7, 11) is 0. The number of halogens is 1. The van der Waals surface area contributed by atoms with Gasteiger partial charge in [-0.2, -0.15) is 0 Å². The van der Waals surface area contributed by atoms with Crippen molar-refractivity contribution < 1.29 is 14.1 Å². The molecule has 1 amide bonds. The Kier molecular flexibility index (Phi) is 4.06. The van der Waals surface area contributed by atoms with Crippen LogP contribution in [0.1, 0.15) is 12.8 Å². The fraction of sp³-hybridized carbons (Fsp3) is 0.417. The first-order valence-electron chi connectivity index (χ1n) is 6.01. The Morgan fingerprint density at radius 1 is 1.47 bits per heavy atom. The molecule has 1 aromatic carbocycles. The lowest BCUT2D eigenvalue weighted by Crippen LogP contribution is -2.29. The Morgan fingerprint density at radius 3 is 2.84 bits per heavy atom. The largest absolute Gasteiger partial charge is 0.319 e. The number of nitrogens with zero attached hydrogens (tertiary/aromatic N) is 1. The summed E-state index contributed by atoms with van der Waals surface area (Å²) in [6.07, 6.45) is 2.36. The number of nitro benzene ring substituents is 1. The van der Waals surface area contributed by atoms with Crippen molar-refractivity contribution in [2.45, 2.75) is 12.8 Å². The van der Waals surface area contributed by atoms with E-state index in [2.05, 4.69) is 10.6 Å². The molecular formula is C12H14FN3O3. The first-order valence-corrected chi connectivity index (χ1v) is 6.01. The van der Waals surface area contributed by atoms with Crippen molar-refractivity contribution in [3.8, 4) is 0 Å². The monoisotopic (exact) mass is 267 g/mol. The van der Waals surface area contributed by atoms with E-state index in [1.54, 1.807) is 0 Å². The second kappa shape index (κ2) is 5.75. The molecule has 1 aliphatic carbocycles. The van der Waals surface area contributed by atoms with Gasteiger partial charge in [0, 0.05) is 0 Å². The van der Waals surface area contributed by atoms with Gasteiger partial charge in [0.25, 0.3) is 5.69 Å². The molecule has 1 fully saturated rings. The Balaban J connectivity index is 1.93. The summed E-state index contributed by atoms with van der Waals surface area (Å²) in [4.78, 5) is 21.6. The van der Waals surface area contributed by atoms with Gasteiger partial charge in [0.2, 0.25) is 5.91 Å². The van der Waals surface area contributed by atoms with Crippen LogP contribution in [0.25, 0.3) is 0 Å². The fourth-order valence-corrected chi connectivity index (χ4v) is 1.67. The summed E-state index contributed by atoms with van der Waals surface area (Å²) >= 11 is 0. The number of nitrogens with one attached hydrogen (secondary N) is 2. The van der Waals surface area contributed by atoms with Crippen LogP contribution < -0.4 is 10.6 Å². The predicted octanol–water partition coefficient (Wildman–Crippen LogP) is 1.67. The number of benzene rings is 1. The molecule has 7 heteroatoms. The lowest BCUT2D eigenvalue weighted by Gasteiger charge is -2.07. The number of carbonyl (C=O) groups is 1. The second-order valence-electron chi connectivity index (χ2n) is 4.54. The highest BCUT2D eigenvalue weighted by atomic mass is 19.1. The number of rotatable bonds is 6. The highest BCUT2D eigenvalue weighted by Gasteiger charge is 2.21. The van der Waals surface area contributed by atoms with E-state index < -0.39 is 16.4 Å². The highest BCUT2D eigenvalue weighted by Crippen LogP contribution is 2.27. The maximum Gasteiger partial charge on any atom is 0.295 e. The minimum atomic E-state index is -0.726. The molecule has 102 valence electrons. The molecule has 0 spiro atoms. The quantitative estimate of drug-likeness (QED) is 0.606. The van der Waals surface area contributed by atoms with Gasteiger partial charge in [-0.3, -0.25) is 14.9 Å². The molecule has 1 aliphatic rings. The molecule has 2 rings (SSSR count). The molecule has 0 heterocycles. The van der Waals surface area contributed by atoms with Gasteiger partial charge >= 0.3 is 0 Å². The van der Waals surface area contributed by atoms with E-state index in [0.29, 0.717) is 5.92 Å². The SMILES string of the molecule is O=C(CNCC1CC1)Nc1ccc(F)cc1[N+](=O)[O-]. The van der Waals surface area contributed by atoms with Crippen molar-refractivity contribution >= 4 is 17.3 Å². The van der Waals surface area contributed by atoms with Gasteiger partial charge in [-0.05, 0) is 37.4 Å². The third-order valence-electron chi connectivity index (χ3n) is 2.85. The van der Waals surface area contributed by atoms with Gasteiger partial charge in [-0.25, -0.2) is 4.39 Å². The van der Waals surface area contributed by atoms with Crippen molar-refractivity contribution in [1.82, 2.24) is 5.32 Å². The maximum atomic E-state index is 12.9. The van der Waals surface area contributed by atoms with Crippen LogP contribution >= 0.6 is 0 Å². The molecular weight excluding hydrogens is 253 g/mol. The topological polar surface area (TPSA) is 84.3 Å². The van der Waals surface area contributed by atoms with E-state index in [9.17, 15) is 19.3 Å². The smallest absolute Gasteiger partial charge is 0.295 e. The van der Waals surface area contributed by atoms with E-state index in [-0.39, 0.29) is 18.1 Å². The van der Waals surface area contributed by atoms with Crippen molar-refractivity contribution in [3.05, 3.63) is 34.1 Å². The third kappa shape index (κ3) is 3.99. The highest BCUT2D eigenvalue weighted by molar-refractivity contribution is 5.94. The van der Waals surface area contributed by atoms with Crippen LogP contribution in [0.3, 0.4) is 0 Å². The first-order chi connectivity index (χ1) is 9.06. The van der Waals surface area contributed by atoms with Gasteiger partial charge in [0.15, 0.2) is 0 Å². The van der Waals surface area contributed by atoms with Crippen LogP contribution in [-0.2, 0) is 4.79 Å². The molecule has 6 nitrogen and oxygen atoms in total.